The maximum absolute atomic E-state index is 4.20. The van der Waals surface area contributed by atoms with Crippen LogP contribution in [0.4, 0.5) is 0 Å². The van der Waals surface area contributed by atoms with Gasteiger partial charge in [0.05, 0.1) is 35.2 Å². The van der Waals surface area contributed by atoms with E-state index in [1.54, 1.807) is 37.3 Å². The molecule has 0 aromatic carbocycles. The predicted molar refractivity (Wildman–Crippen MR) is 150 cm³/mol. The van der Waals surface area contributed by atoms with E-state index in [1.807, 2.05) is 93.6 Å². The Labute approximate surface area is 246 Å². The van der Waals surface area contributed by atoms with Crippen molar-refractivity contribution in [2.45, 2.75) is 20.8 Å². The van der Waals surface area contributed by atoms with Gasteiger partial charge in [-0.25, -0.2) is 9.97 Å². The normalized spacial score (nSPS) is 9.68. The molecule has 0 N–H and O–H groups in total. The fraction of sp³-hybridized carbons (Fsp3) is 0.100. The molecule has 6 aromatic rings. The van der Waals surface area contributed by atoms with Crippen LogP contribution >= 0.6 is 0 Å². The van der Waals surface area contributed by atoms with Gasteiger partial charge >= 0.3 is 0 Å². The van der Waals surface area contributed by atoms with E-state index in [0.717, 1.165) is 51.0 Å². The zero-order valence-corrected chi connectivity index (χ0v) is 24.0. The molecule has 0 saturated heterocycles. The van der Waals surface area contributed by atoms with Crippen LogP contribution in [0, 0.1) is 20.8 Å². The quantitative estimate of drug-likeness (QED) is 0.237. The zero-order valence-electron chi connectivity index (χ0n) is 22.3. The molecule has 0 fully saturated rings. The van der Waals surface area contributed by atoms with Gasteiger partial charge in [0.25, 0.3) is 0 Å². The maximum Gasteiger partial charge on any atom is 0.116 e. The average Bonchev–Trinajstić information content (AvgIpc) is 2.99. The topological polar surface area (TPSA) is 116 Å². The minimum atomic E-state index is 0. The number of nitrogens with zero attached hydrogens (tertiary/aromatic N) is 9. The first-order valence-electron chi connectivity index (χ1n) is 12.2. The van der Waals surface area contributed by atoms with E-state index in [9.17, 15) is 0 Å². The third-order valence-electron chi connectivity index (χ3n) is 5.17. The third kappa shape index (κ3) is 9.25. The third-order valence-corrected chi connectivity index (χ3v) is 5.17. The van der Waals surface area contributed by atoms with Crippen molar-refractivity contribution >= 4 is 0 Å². The van der Waals surface area contributed by atoms with E-state index >= 15 is 0 Å². The number of aryl methyl sites for hydroxylation is 3. The molecule has 0 aliphatic heterocycles. The van der Waals surface area contributed by atoms with Crippen LogP contribution in [-0.2, 0) is 19.5 Å². The smallest absolute Gasteiger partial charge is 0.116 e. The summed E-state index contributed by atoms with van der Waals surface area (Å²) in [4.78, 5) is 20.7. The molecule has 0 aliphatic carbocycles. The minimum Gasteiger partial charge on any atom is -0.255 e. The Morgan fingerprint density at radius 3 is 1.27 bits per heavy atom. The summed E-state index contributed by atoms with van der Waals surface area (Å²) in [6.45, 7) is 5.91. The monoisotopic (exact) mass is 615 g/mol. The van der Waals surface area contributed by atoms with Crippen LogP contribution in [0.3, 0.4) is 0 Å². The van der Waals surface area contributed by atoms with E-state index in [1.165, 1.54) is 0 Å². The molecule has 0 bridgehead atoms. The van der Waals surface area contributed by atoms with Crippen molar-refractivity contribution in [2.24, 2.45) is 0 Å². The molecule has 200 valence electrons. The van der Waals surface area contributed by atoms with Crippen LogP contribution < -0.4 is 0 Å². The van der Waals surface area contributed by atoms with Crippen LogP contribution in [-0.4, -0.2) is 45.3 Å². The molecule has 0 unspecified atom stereocenters. The largest absolute Gasteiger partial charge is 0.255 e. The van der Waals surface area contributed by atoms with Gasteiger partial charge in [-0.1, -0.05) is 18.2 Å². The first-order chi connectivity index (χ1) is 19.1. The molecule has 0 spiro atoms. The Morgan fingerprint density at radius 1 is 0.450 bits per heavy atom. The Balaban J connectivity index is 0.000000163. The van der Waals surface area contributed by atoms with E-state index in [-0.39, 0.29) is 19.5 Å². The second-order valence-corrected chi connectivity index (χ2v) is 8.43. The standard InChI is InChI=1S/3C10H9N3.Ru/c1-8-6-10(13-7-12-8)9-4-2-3-5-11-9;2*1-8-6-10(13-12-7-8)9-4-2-3-5-11-9;/h3*2-7H,1H3;. The second kappa shape index (κ2) is 15.7. The van der Waals surface area contributed by atoms with Crippen LogP contribution in [0.5, 0.6) is 0 Å². The Kier molecular flexibility index (Phi) is 11.7. The number of hydrogen-bond donors (Lipinski definition) is 0. The molecule has 0 radical (unpaired) electrons. The van der Waals surface area contributed by atoms with Gasteiger partial charge in [0.15, 0.2) is 0 Å². The van der Waals surface area contributed by atoms with Crippen LogP contribution in [0.25, 0.3) is 34.2 Å². The molecular formula is C30H27N9Ru. The van der Waals surface area contributed by atoms with Crippen molar-refractivity contribution in [1.82, 2.24) is 45.3 Å². The first kappa shape index (κ1) is 29.9. The van der Waals surface area contributed by atoms with Gasteiger partial charge in [-0.15, -0.1) is 10.2 Å². The Hall–Kier alpha value is -4.69. The molecule has 6 rings (SSSR count). The number of rotatable bonds is 3. The molecule has 9 nitrogen and oxygen atoms in total. The van der Waals surface area contributed by atoms with Crippen molar-refractivity contribution in [2.75, 3.05) is 0 Å². The van der Waals surface area contributed by atoms with E-state index in [0.29, 0.717) is 0 Å². The van der Waals surface area contributed by atoms with Gasteiger partial charge in [0, 0.05) is 43.8 Å². The molecule has 10 heteroatoms. The van der Waals surface area contributed by atoms with E-state index < -0.39 is 0 Å². The average molecular weight is 615 g/mol. The van der Waals surface area contributed by atoms with Crippen LogP contribution in [0.2, 0.25) is 0 Å². The minimum absolute atomic E-state index is 0. The molecule has 0 saturated carbocycles. The summed E-state index contributed by atoms with van der Waals surface area (Å²) in [5.74, 6) is 0. The van der Waals surface area contributed by atoms with Crippen LogP contribution in [0.1, 0.15) is 16.8 Å². The van der Waals surface area contributed by atoms with Gasteiger partial charge in [0.2, 0.25) is 0 Å². The van der Waals surface area contributed by atoms with E-state index in [2.05, 4.69) is 45.3 Å². The second-order valence-electron chi connectivity index (χ2n) is 8.43. The SMILES string of the molecule is Cc1cc(-c2ccccn2)ncn1.Cc1cnnc(-c2ccccn2)c1.Cc1cnnc(-c2ccccn2)c1.[Ru]. The fourth-order valence-electron chi connectivity index (χ4n) is 3.32. The maximum atomic E-state index is 4.20. The molecule has 40 heavy (non-hydrogen) atoms. The van der Waals surface area contributed by atoms with Gasteiger partial charge < -0.3 is 0 Å². The van der Waals surface area contributed by atoms with Crippen molar-refractivity contribution < 1.29 is 19.5 Å². The van der Waals surface area contributed by atoms with Gasteiger partial charge in [-0.2, -0.15) is 10.2 Å². The summed E-state index contributed by atoms with van der Waals surface area (Å²) >= 11 is 0. The molecular weight excluding hydrogens is 587 g/mol. The van der Waals surface area contributed by atoms with Crippen molar-refractivity contribution in [3.8, 4) is 34.2 Å². The molecule has 0 atom stereocenters. The Morgan fingerprint density at radius 2 is 0.900 bits per heavy atom. The summed E-state index contributed by atoms with van der Waals surface area (Å²) < 4.78 is 0. The zero-order chi connectivity index (χ0) is 27.3. The van der Waals surface area contributed by atoms with Crippen molar-refractivity contribution in [3.63, 3.8) is 0 Å². The summed E-state index contributed by atoms with van der Waals surface area (Å²) in [7, 11) is 0. The Bertz CT molecular complexity index is 1390. The molecule has 0 amide bonds. The number of hydrogen-bond acceptors (Lipinski definition) is 9. The van der Waals surface area contributed by atoms with Gasteiger partial charge in [-0.05, 0) is 86.5 Å². The summed E-state index contributed by atoms with van der Waals surface area (Å²) in [5, 5.41) is 15.7. The number of pyridine rings is 3. The summed E-state index contributed by atoms with van der Waals surface area (Å²) in [5.41, 5.74) is 8.25. The van der Waals surface area contributed by atoms with Crippen molar-refractivity contribution in [1.29, 1.82) is 0 Å². The van der Waals surface area contributed by atoms with E-state index in [4.69, 9.17) is 0 Å². The van der Waals surface area contributed by atoms with Gasteiger partial charge in [0.1, 0.15) is 17.7 Å². The van der Waals surface area contributed by atoms with Crippen molar-refractivity contribution in [3.05, 3.63) is 127 Å². The predicted octanol–water partition coefficient (Wildman–Crippen LogP) is 5.54. The summed E-state index contributed by atoms with van der Waals surface area (Å²) in [6, 6.07) is 23.1. The van der Waals surface area contributed by atoms with Gasteiger partial charge in [-0.3, -0.25) is 15.0 Å². The molecule has 0 aliphatic rings. The first-order valence-corrected chi connectivity index (χ1v) is 12.2. The molecule has 6 aromatic heterocycles. The fourth-order valence-corrected chi connectivity index (χ4v) is 3.32. The molecule has 6 heterocycles. The van der Waals surface area contributed by atoms with Crippen LogP contribution in [0.15, 0.2) is 110 Å². The number of aromatic nitrogens is 9. The summed E-state index contributed by atoms with van der Waals surface area (Å²) in [6.07, 6.45) is 10.3.